The van der Waals surface area contributed by atoms with Crippen molar-refractivity contribution in [2.45, 2.75) is 31.8 Å². The number of piperazine rings is 1. The van der Waals surface area contributed by atoms with E-state index in [1.165, 1.54) is 0 Å². The van der Waals surface area contributed by atoms with Crippen LogP contribution >= 0.6 is 0 Å². The zero-order valence-electron chi connectivity index (χ0n) is 11.2. The van der Waals surface area contributed by atoms with E-state index >= 15 is 0 Å². The Morgan fingerprint density at radius 3 is 2.53 bits per heavy atom. The van der Waals surface area contributed by atoms with Crippen molar-refractivity contribution >= 4 is 11.9 Å². The van der Waals surface area contributed by atoms with Crippen LogP contribution in [0.1, 0.15) is 25.7 Å². The number of aliphatic carboxylic acids is 1. The summed E-state index contributed by atoms with van der Waals surface area (Å²) in [5, 5.41) is 8.64. The summed E-state index contributed by atoms with van der Waals surface area (Å²) in [6.07, 6.45) is 2.82. The van der Waals surface area contributed by atoms with Crippen LogP contribution in [0.15, 0.2) is 0 Å². The second kappa shape index (κ2) is 6.86. The minimum absolute atomic E-state index is 0.109. The molecule has 2 fully saturated rings. The van der Waals surface area contributed by atoms with Gasteiger partial charge in [-0.05, 0) is 12.8 Å². The Labute approximate surface area is 113 Å². The summed E-state index contributed by atoms with van der Waals surface area (Å²) >= 11 is 0. The van der Waals surface area contributed by atoms with E-state index in [4.69, 9.17) is 9.84 Å². The second-order valence-electron chi connectivity index (χ2n) is 5.21. The quantitative estimate of drug-likeness (QED) is 0.771. The van der Waals surface area contributed by atoms with Crippen LogP contribution < -0.4 is 0 Å². The molecule has 0 saturated carbocycles. The van der Waals surface area contributed by atoms with Gasteiger partial charge in [-0.15, -0.1) is 0 Å². The van der Waals surface area contributed by atoms with Crippen LogP contribution in [0.5, 0.6) is 0 Å². The van der Waals surface area contributed by atoms with Crippen molar-refractivity contribution < 1.29 is 19.4 Å². The Morgan fingerprint density at radius 1 is 1.21 bits per heavy atom. The molecule has 6 heteroatoms. The van der Waals surface area contributed by atoms with E-state index in [0.717, 1.165) is 32.5 Å². The molecule has 0 aromatic heterocycles. The number of nitrogens with zero attached hydrogens (tertiary/aromatic N) is 2. The highest BCUT2D eigenvalue weighted by atomic mass is 16.5. The van der Waals surface area contributed by atoms with Crippen LogP contribution in [0.3, 0.4) is 0 Å². The molecule has 6 nitrogen and oxygen atoms in total. The summed E-state index contributed by atoms with van der Waals surface area (Å²) in [4.78, 5) is 26.5. The third-order valence-corrected chi connectivity index (χ3v) is 3.79. The molecule has 1 amide bonds. The van der Waals surface area contributed by atoms with Crippen LogP contribution in [0.4, 0.5) is 0 Å². The first-order chi connectivity index (χ1) is 9.15. The van der Waals surface area contributed by atoms with Gasteiger partial charge in [-0.1, -0.05) is 0 Å². The molecule has 2 aliphatic heterocycles. The molecule has 0 bridgehead atoms. The summed E-state index contributed by atoms with van der Waals surface area (Å²) in [6.45, 7) is 4.29. The van der Waals surface area contributed by atoms with Gasteiger partial charge in [0.05, 0.1) is 18.9 Å². The first-order valence-corrected chi connectivity index (χ1v) is 6.98. The molecule has 0 radical (unpaired) electrons. The topological polar surface area (TPSA) is 70.1 Å². The molecule has 0 aliphatic carbocycles. The molecule has 2 aliphatic rings. The van der Waals surface area contributed by atoms with Gasteiger partial charge in [0.2, 0.25) is 5.91 Å². The van der Waals surface area contributed by atoms with Crippen molar-refractivity contribution in [1.82, 2.24) is 9.80 Å². The van der Waals surface area contributed by atoms with Gasteiger partial charge in [0.1, 0.15) is 0 Å². The van der Waals surface area contributed by atoms with E-state index in [1.54, 1.807) is 0 Å². The molecular weight excluding hydrogens is 248 g/mol. The number of ether oxygens (including phenoxy) is 1. The number of hydrogen-bond donors (Lipinski definition) is 1. The Kier molecular flexibility index (Phi) is 5.15. The first-order valence-electron chi connectivity index (χ1n) is 6.98. The average Bonchev–Trinajstić information content (AvgIpc) is 2.89. The standard InChI is InChI=1S/C13H22N2O4/c16-12(10-11-2-1-9-19-11)15-7-5-14(6-8-15)4-3-13(17)18/h11H,1-10H2,(H,17,18). The largest absolute Gasteiger partial charge is 0.481 e. The molecule has 2 heterocycles. The average molecular weight is 270 g/mol. The molecular formula is C13H22N2O4. The summed E-state index contributed by atoms with van der Waals surface area (Å²) in [7, 11) is 0. The van der Waals surface area contributed by atoms with Crippen LogP contribution in [0, 0.1) is 0 Å². The van der Waals surface area contributed by atoms with Crippen molar-refractivity contribution in [3.05, 3.63) is 0 Å². The smallest absolute Gasteiger partial charge is 0.304 e. The van der Waals surface area contributed by atoms with Crippen molar-refractivity contribution in [3.63, 3.8) is 0 Å². The zero-order valence-corrected chi connectivity index (χ0v) is 11.2. The van der Waals surface area contributed by atoms with Crippen molar-refractivity contribution in [1.29, 1.82) is 0 Å². The van der Waals surface area contributed by atoms with Crippen molar-refractivity contribution in [3.8, 4) is 0 Å². The van der Waals surface area contributed by atoms with E-state index < -0.39 is 5.97 Å². The fourth-order valence-corrected chi connectivity index (χ4v) is 2.60. The number of rotatable bonds is 5. The SMILES string of the molecule is O=C(O)CCN1CCN(C(=O)CC2CCCO2)CC1. The Balaban J connectivity index is 1.67. The molecule has 108 valence electrons. The maximum atomic E-state index is 12.1. The van der Waals surface area contributed by atoms with Gasteiger partial charge in [0.15, 0.2) is 0 Å². The second-order valence-corrected chi connectivity index (χ2v) is 5.21. The number of carboxylic acids is 1. The summed E-state index contributed by atoms with van der Waals surface area (Å²) < 4.78 is 5.48. The van der Waals surface area contributed by atoms with Gasteiger partial charge in [0.25, 0.3) is 0 Å². The fraction of sp³-hybridized carbons (Fsp3) is 0.846. The number of amides is 1. The molecule has 1 unspecified atom stereocenters. The van der Waals surface area contributed by atoms with Gasteiger partial charge in [-0.3, -0.25) is 14.5 Å². The van der Waals surface area contributed by atoms with Gasteiger partial charge in [0, 0.05) is 39.3 Å². The lowest BCUT2D eigenvalue weighted by molar-refractivity contribution is -0.139. The van der Waals surface area contributed by atoms with Crippen LogP contribution in [0.2, 0.25) is 0 Å². The first kappa shape index (κ1) is 14.3. The van der Waals surface area contributed by atoms with Gasteiger partial charge in [-0.25, -0.2) is 0 Å². The maximum absolute atomic E-state index is 12.1. The molecule has 1 N–H and O–H groups in total. The lowest BCUT2D eigenvalue weighted by Crippen LogP contribution is -2.49. The summed E-state index contributed by atoms with van der Waals surface area (Å²) in [5.74, 6) is -0.596. The lowest BCUT2D eigenvalue weighted by Gasteiger charge is -2.34. The monoisotopic (exact) mass is 270 g/mol. The highest BCUT2D eigenvalue weighted by molar-refractivity contribution is 5.76. The molecule has 0 spiro atoms. The predicted molar refractivity (Wildman–Crippen MR) is 68.9 cm³/mol. The highest BCUT2D eigenvalue weighted by Gasteiger charge is 2.25. The Hall–Kier alpha value is -1.14. The molecule has 0 aromatic carbocycles. The van der Waals surface area contributed by atoms with Gasteiger partial charge in [-0.2, -0.15) is 0 Å². The normalized spacial score (nSPS) is 24.6. The number of carbonyl (C=O) groups excluding carboxylic acids is 1. The van der Waals surface area contributed by atoms with Crippen molar-refractivity contribution in [2.24, 2.45) is 0 Å². The number of carbonyl (C=O) groups is 2. The Morgan fingerprint density at radius 2 is 1.95 bits per heavy atom. The van der Waals surface area contributed by atoms with E-state index in [-0.39, 0.29) is 18.4 Å². The lowest BCUT2D eigenvalue weighted by atomic mass is 10.1. The zero-order chi connectivity index (χ0) is 13.7. The molecule has 1 atom stereocenters. The summed E-state index contributed by atoms with van der Waals surface area (Å²) in [5.41, 5.74) is 0. The summed E-state index contributed by atoms with van der Waals surface area (Å²) in [6, 6.07) is 0. The van der Waals surface area contributed by atoms with Crippen LogP contribution in [-0.4, -0.2) is 72.2 Å². The van der Waals surface area contributed by atoms with Crippen molar-refractivity contribution in [2.75, 3.05) is 39.3 Å². The Bertz CT molecular complexity index is 321. The van der Waals surface area contributed by atoms with E-state index in [9.17, 15) is 9.59 Å². The van der Waals surface area contributed by atoms with Gasteiger partial charge < -0.3 is 14.7 Å². The van der Waals surface area contributed by atoms with Crippen LogP contribution in [-0.2, 0) is 14.3 Å². The fourth-order valence-electron chi connectivity index (χ4n) is 2.60. The predicted octanol–water partition coefficient (Wildman–Crippen LogP) is 0.174. The highest BCUT2D eigenvalue weighted by Crippen LogP contribution is 2.17. The third kappa shape index (κ3) is 4.47. The van der Waals surface area contributed by atoms with E-state index in [2.05, 4.69) is 4.90 Å². The molecule has 2 saturated heterocycles. The van der Waals surface area contributed by atoms with Crippen LogP contribution in [0.25, 0.3) is 0 Å². The molecule has 0 aromatic rings. The van der Waals surface area contributed by atoms with E-state index in [1.807, 2.05) is 4.90 Å². The maximum Gasteiger partial charge on any atom is 0.304 e. The molecule has 2 rings (SSSR count). The number of carboxylic acid groups (broad SMARTS) is 1. The van der Waals surface area contributed by atoms with E-state index in [0.29, 0.717) is 26.1 Å². The molecule has 19 heavy (non-hydrogen) atoms. The minimum Gasteiger partial charge on any atom is -0.481 e. The van der Waals surface area contributed by atoms with Gasteiger partial charge >= 0.3 is 5.97 Å². The number of hydrogen-bond acceptors (Lipinski definition) is 4. The minimum atomic E-state index is -0.767. The third-order valence-electron chi connectivity index (χ3n) is 3.79.